The molecule has 0 aromatic rings. The van der Waals surface area contributed by atoms with Crippen LogP contribution in [0.15, 0.2) is 11.6 Å². The van der Waals surface area contributed by atoms with Gasteiger partial charge in [0.1, 0.15) is 0 Å². The second-order valence-corrected chi connectivity index (χ2v) is 4.26. The number of amides is 1. The molecule has 2 atom stereocenters. The van der Waals surface area contributed by atoms with Crippen LogP contribution in [0.4, 0.5) is 4.79 Å². The number of ether oxygens (including phenoxy) is 1. The van der Waals surface area contributed by atoms with Gasteiger partial charge in [0.15, 0.2) is 0 Å². The summed E-state index contributed by atoms with van der Waals surface area (Å²) in [6.07, 6.45) is 3.14. The van der Waals surface area contributed by atoms with Crippen molar-refractivity contribution in [3.8, 4) is 0 Å². The summed E-state index contributed by atoms with van der Waals surface area (Å²) < 4.78 is 4.65. The number of methoxy groups -OCH3 is 1. The molecule has 0 radical (unpaired) electrons. The smallest absolute Gasteiger partial charge is 0.409 e. The summed E-state index contributed by atoms with van der Waals surface area (Å²) in [5, 5.41) is 9.11. The monoisotopic (exact) mass is 225 g/mol. The van der Waals surface area contributed by atoms with E-state index in [0.29, 0.717) is 19.5 Å². The van der Waals surface area contributed by atoms with Crippen molar-refractivity contribution < 1.29 is 19.4 Å². The Labute approximate surface area is 93.7 Å². The lowest BCUT2D eigenvalue weighted by atomic mass is 9.80. The van der Waals surface area contributed by atoms with Crippen molar-refractivity contribution in [3.63, 3.8) is 0 Å². The van der Waals surface area contributed by atoms with Crippen LogP contribution in [0.2, 0.25) is 0 Å². The Morgan fingerprint density at radius 3 is 2.94 bits per heavy atom. The van der Waals surface area contributed by atoms with Gasteiger partial charge in [-0.3, -0.25) is 4.79 Å². The first-order valence-corrected chi connectivity index (χ1v) is 5.38. The fourth-order valence-corrected chi connectivity index (χ4v) is 2.57. The molecular formula is C11H15NO4. The quantitative estimate of drug-likeness (QED) is 0.679. The van der Waals surface area contributed by atoms with Crippen molar-refractivity contribution in [1.82, 2.24) is 4.90 Å². The Hall–Kier alpha value is -1.52. The molecule has 16 heavy (non-hydrogen) atoms. The fraction of sp³-hybridized carbons (Fsp3) is 0.636. The zero-order valence-corrected chi connectivity index (χ0v) is 9.18. The van der Waals surface area contributed by atoms with Crippen LogP contribution in [-0.4, -0.2) is 42.3 Å². The van der Waals surface area contributed by atoms with Crippen molar-refractivity contribution in [1.29, 1.82) is 0 Å². The van der Waals surface area contributed by atoms with Gasteiger partial charge < -0.3 is 14.7 Å². The third kappa shape index (κ3) is 1.77. The zero-order valence-electron chi connectivity index (χ0n) is 9.18. The van der Waals surface area contributed by atoms with Crippen LogP contribution in [0, 0.1) is 11.8 Å². The van der Waals surface area contributed by atoms with Crippen LogP contribution in [-0.2, 0) is 9.53 Å². The number of hydrogen-bond donors (Lipinski definition) is 1. The van der Waals surface area contributed by atoms with Crippen LogP contribution < -0.4 is 0 Å². The first-order valence-electron chi connectivity index (χ1n) is 5.38. The molecule has 0 bridgehead atoms. The maximum absolute atomic E-state index is 11.4. The molecule has 1 heterocycles. The highest BCUT2D eigenvalue weighted by atomic mass is 16.5. The van der Waals surface area contributed by atoms with Crippen molar-refractivity contribution in [3.05, 3.63) is 11.6 Å². The minimum absolute atomic E-state index is 0.0228. The molecule has 0 saturated carbocycles. The number of carbonyl (C=O) groups is 2. The normalized spacial score (nSPS) is 28.3. The van der Waals surface area contributed by atoms with Crippen LogP contribution in [0.3, 0.4) is 0 Å². The molecule has 0 aromatic carbocycles. The summed E-state index contributed by atoms with van der Waals surface area (Å²) in [4.78, 5) is 24.0. The minimum Gasteiger partial charge on any atom is -0.481 e. The number of nitrogens with zero attached hydrogens (tertiary/aromatic N) is 1. The van der Waals surface area contributed by atoms with E-state index in [1.54, 1.807) is 4.90 Å². The molecule has 1 aliphatic carbocycles. The Kier molecular flexibility index (Phi) is 2.85. The van der Waals surface area contributed by atoms with Crippen molar-refractivity contribution in [2.75, 3.05) is 20.2 Å². The number of carbonyl (C=O) groups excluding carboxylic acids is 1. The summed E-state index contributed by atoms with van der Waals surface area (Å²) >= 11 is 0. The van der Waals surface area contributed by atoms with Gasteiger partial charge in [-0.1, -0.05) is 6.08 Å². The van der Waals surface area contributed by atoms with Gasteiger partial charge in [-0.15, -0.1) is 0 Å². The second kappa shape index (κ2) is 4.15. The Bertz CT molecular complexity index is 350. The highest BCUT2D eigenvalue weighted by molar-refractivity contribution is 5.73. The summed E-state index contributed by atoms with van der Waals surface area (Å²) in [5.41, 5.74) is 1.07. The maximum atomic E-state index is 11.4. The van der Waals surface area contributed by atoms with E-state index in [1.807, 2.05) is 0 Å². The van der Waals surface area contributed by atoms with E-state index in [0.717, 1.165) is 12.0 Å². The summed E-state index contributed by atoms with van der Waals surface area (Å²) in [7, 11) is 1.34. The van der Waals surface area contributed by atoms with Gasteiger partial charge in [-0.05, 0) is 18.4 Å². The van der Waals surface area contributed by atoms with Gasteiger partial charge in [0.25, 0.3) is 0 Å². The molecule has 2 aliphatic rings. The number of likely N-dealkylation sites (tertiary alicyclic amines) is 1. The number of rotatable bonds is 1. The molecule has 1 saturated heterocycles. The first kappa shape index (κ1) is 11.0. The number of hydrogen-bond acceptors (Lipinski definition) is 3. The summed E-state index contributed by atoms with van der Waals surface area (Å²) in [6.45, 7) is 0.983. The molecule has 0 spiro atoms. The van der Waals surface area contributed by atoms with Gasteiger partial charge >= 0.3 is 12.1 Å². The Morgan fingerprint density at radius 2 is 2.31 bits per heavy atom. The van der Waals surface area contributed by atoms with E-state index in [2.05, 4.69) is 10.8 Å². The molecule has 0 aromatic heterocycles. The van der Waals surface area contributed by atoms with Crippen LogP contribution >= 0.6 is 0 Å². The highest BCUT2D eigenvalue weighted by Crippen LogP contribution is 2.36. The lowest BCUT2D eigenvalue weighted by Gasteiger charge is -2.23. The fourth-order valence-electron chi connectivity index (χ4n) is 2.57. The van der Waals surface area contributed by atoms with Crippen molar-refractivity contribution in [2.45, 2.75) is 12.8 Å². The van der Waals surface area contributed by atoms with Gasteiger partial charge in [-0.2, -0.15) is 0 Å². The standard InChI is InChI=1S/C11H15NO4/c1-16-11(15)12-5-7-3-2-4-8(10(13)14)9(7)6-12/h3,8-9H,2,4-6H2,1H3,(H,13,14). The first-order chi connectivity index (χ1) is 7.63. The molecule has 5 nitrogen and oxygen atoms in total. The number of carboxylic acids is 1. The van der Waals surface area contributed by atoms with Gasteiger partial charge in [0.2, 0.25) is 0 Å². The van der Waals surface area contributed by atoms with E-state index in [-0.39, 0.29) is 17.9 Å². The van der Waals surface area contributed by atoms with Gasteiger partial charge in [0, 0.05) is 19.0 Å². The van der Waals surface area contributed by atoms with Gasteiger partial charge in [0.05, 0.1) is 13.0 Å². The van der Waals surface area contributed by atoms with Crippen molar-refractivity contribution in [2.24, 2.45) is 11.8 Å². The zero-order chi connectivity index (χ0) is 11.7. The Morgan fingerprint density at radius 1 is 1.56 bits per heavy atom. The predicted molar refractivity (Wildman–Crippen MR) is 55.9 cm³/mol. The molecule has 2 unspecified atom stereocenters. The molecule has 1 amide bonds. The Balaban J connectivity index is 2.14. The second-order valence-electron chi connectivity index (χ2n) is 4.26. The SMILES string of the molecule is COC(=O)N1CC2=CCCC(C(=O)O)C2C1. The highest BCUT2D eigenvalue weighted by Gasteiger charge is 2.40. The summed E-state index contributed by atoms with van der Waals surface area (Å²) in [6, 6.07) is 0. The van der Waals surface area contributed by atoms with Crippen LogP contribution in [0.1, 0.15) is 12.8 Å². The molecule has 1 N–H and O–H groups in total. The number of fused-ring (bicyclic) bond motifs is 1. The predicted octanol–water partition coefficient (Wildman–Crippen LogP) is 1.11. The van der Waals surface area contributed by atoms with Crippen molar-refractivity contribution >= 4 is 12.1 Å². The van der Waals surface area contributed by atoms with E-state index in [1.165, 1.54) is 7.11 Å². The average molecular weight is 225 g/mol. The lowest BCUT2D eigenvalue weighted by molar-refractivity contribution is -0.143. The molecule has 5 heteroatoms. The third-order valence-electron chi connectivity index (χ3n) is 3.39. The van der Waals surface area contributed by atoms with E-state index in [9.17, 15) is 9.59 Å². The summed E-state index contributed by atoms with van der Waals surface area (Å²) in [5.74, 6) is -1.14. The van der Waals surface area contributed by atoms with E-state index >= 15 is 0 Å². The molecule has 88 valence electrons. The van der Waals surface area contributed by atoms with Crippen LogP contribution in [0.5, 0.6) is 0 Å². The minimum atomic E-state index is -0.762. The van der Waals surface area contributed by atoms with E-state index in [4.69, 9.17) is 5.11 Å². The van der Waals surface area contributed by atoms with Crippen LogP contribution in [0.25, 0.3) is 0 Å². The molecule has 1 fully saturated rings. The molecule has 1 aliphatic heterocycles. The number of allylic oxidation sites excluding steroid dienone is 1. The largest absolute Gasteiger partial charge is 0.481 e. The third-order valence-corrected chi connectivity index (χ3v) is 3.39. The lowest BCUT2D eigenvalue weighted by Crippen LogP contribution is -2.31. The van der Waals surface area contributed by atoms with E-state index < -0.39 is 5.97 Å². The number of aliphatic carboxylic acids is 1. The molecule has 2 rings (SSSR count). The maximum Gasteiger partial charge on any atom is 0.409 e. The van der Waals surface area contributed by atoms with Gasteiger partial charge in [-0.25, -0.2) is 4.79 Å². The molecular weight excluding hydrogens is 210 g/mol. The number of carboxylic acid groups (broad SMARTS) is 1. The average Bonchev–Trinajstić information content (AvgIpc) is 2.70. The topological polar surface area (TPSA) is 66.8 Å².